The van der Waals surface area contributed by atoms with Crippen LogP contribution in [0.2, 0.25) is 10.0 Å². The third-order valence-corrected chi connectivity index (χ3v) is 4.52. The SMILES string of the molecule is O=C(N[C@H]([NH+]1CCOCC1)C(Cl)(Cl)Cl)c1ccc(Cl)cc1Cl. The number of carbonyl (C=O) groups excluding carboxylic acids is 1. The Kier molecular flexibility index (Phi) is 6.48. The number of ether oxygens (including phenoxy) is 1. The van der Waals surface area contributed by atoms with Crippen LogP contribution in [0.4, 0.5) is 0 Å². The highest BCUT2D eigenvalue weighted by molar-refractivity contribution is 6.68. The summed E-state index contributed by atoms with van der Waals surface area (Å²) < 4.78 is 3.63. The van der Waals surface area contributed by atoms with Crippen LogP contribution in [0.15, 0.2) is 18.2 Å². The maximum atomic E-state index is 12.4. The number of morpholine rings is 1. The van der Waals surface area contributed by atoms with Gasteiger partial charge in [-0.1, -0.05) is 58.0 Å². The molecule has 1 aromatic carbocycles. The van der Waals surface area contributed by atoms with Gasteiger partial charge in [-0.2, -0.15) is 0 Å². The molecule has 0 spiro atoms. The molecule has 4 nitrogen and oxygen atoms in total. The summed E-state index contributed by atoms with van der Waals surface area (Å²) in [5.41, 5.74) is 0.276. The van der Waals surface area contributed by atoms with Gasteiger partial charge in [-0.05, 0) is 18.2 Å². The number of nitrogens with one attached hydrogen (secondary N) is 2. The standard InChI is InChI=1S/C13H13Cl5N2O2/c14-8-1-2-9(10(15)7-8)11(21)19-12(13(16,17)18)20-3-5-22-6-4-20/h1-2,7,12H,3-6H2,(H,19,21)/p+1/t12-/m1/s1. The lowest BCUT2D eigenvalue weighted by Crippen LogP contribution is -3.21. The van der Waals surface area contributed by atoms with E-state index in [4.69, 9.17) is 62.7 Å². The molecule has 2 rings (SSSR count). The largest absolute Gasteiger partial charge is 0.370 e. The van der Waals surface area contributed by atoms with E-state index in [-0.39, 0.29) is 10.6 Å². The number of quaternary nitrogens is 1. The molecule has 1 saturated heterocycles. The monoisotopic (exact) mass is 405 g/mol. The minimum absolute atomic E-state index is 0.241. The highest BCUT2D eigenvalue weighted by atomic mass is 35.6. The first-order valence-electron chi connectivity index (χ1n) is 6.54. The third-order valence-electron chi connectivity index (χ3n) is 3.32. The van der Waals surface area contributed by atoms with Gasteiger partial charge >= 0.3 is 0 Å². The Morgan fingerprint density at radius 1 is 1.23 bits per heavy atom. The maximum absolute atomic E-state index is 12.4. The fourth-order valence-corrected chi connectivity index (χ4v) is 3.34. The highest BCUT2D eigenvalue weighted by Gasteiger charge is 2.43. The van der Waals surface area contributed by atoms with Crippen molar-refractivity contribution in [3.8, 4) is 0 Å². The van der Waals surface area contributed by atoms with Crippen molar-refractivity contribution in [2.75, 3.05) is 26.3 Å². The molecule has 0 unspecified atom stereocenters. The molecule has 2 N–H and O–H groups in total. The smallest absolute Gasteiger partial charge is 0.262 e. The number of amides is 1. The molecule has 1 amide bonds. The molecule has 9 heteroatoms. The molecule has 0 aliphatic carbocycles. The molecule has 1 aliphatic heterocycles. The van der Waals surface area contributed by atoms with E-state index < -0.39 is 15.9 Å². The molecule has 1 aliphatic rings. The lowest BCUT2D eigenvalue weighted by atomic mass is 10.2. The molecule has 0 bridgehead atoms. The van der Waals surface area contributed by atoms with Gasteiger partial charge in [-0.15, -0.1) is 0 Å². The minimum atomic E-state index is -1.65. The Morgan fingerprint density at radius 3 is 2.41 bits per heavy atom. The Bertz CT molecular complexity index is 544. The second-order valence-corrected chi connectivity index (χ2v) is 8.06. The average molecular weight is 408 g/mol. The van der Waals surface area contributed by atoms with Crippen LogP contribution in [0.5, 0.6) is 0 Å². The molecule has 0 saturated carbocycles. The molecule has 122 valence electrons. The van der Waals surface area contributed by atoms with E-state index in [0.29, 0.717) is 31.3 Å². The first-order valence-corrected chi connectivity index (χ1v) is 8.43. The number of carbonyl (C=O) groups is 1. The lowest BCUT2D eigenvalue weighted by Gasteiger charge is -2.35. The van der Waals surface area contributed by atoms with Gasteiger partial charge in [0.25, 0.3) is 9.70 Å². The summed E-state index contributed by atoms with van der Waals surface area (Å²) >= 11 is 29.9. The van der Waals surface area contributed by atoms with E-state index in [0.717, 1.165) is 4.90 Å². The van der Waals surface area contributed by atoms with Gasteiger partial charge in [0.15, 0.2) is 0 Å². The molecule has 0 aromatic heterocycles. The average Bonchev–Trinajstić information content (AvgIpc) is 2.44. The van der Waals surface area contributed by atoms with Crippen molar-refractivity contribution in [3.05, 3.63) is 33.8 Å². The second kappa shape index (κ2) is 7.75. The zero-order valence-corrected chi connectivity index (χ0v) is 15.1. The van der Waals surface area contributed by atoms with Crippen LogP contribution >= 0.6 is 58.0 Å². The first kappa shape index (κ1) is 18.4. The van der Waals surface area contributed by atoms with Crippen molar-refractivity contribution in [2.24, 2.45) is 0 Å². The predicted octanol–water partition coefficient (Wildman–Crippen LogP) is 2.33. The van der Waals surface area contributed by atoms with E-state index in [1.807, 2.05) is 0 Å². The number of benzene rings is 1. The predicted molar refractivity (Wildman–Crippen MR) is 89.5 cm³/mol. The Labute approximate surface area is 153 Å². The zero-order valence-electron chi connectivity index (χ0n) is 11.3. The Hall–Kier alpha value is 0.0600. The normalized spacial score (nSPS) is 18.0. The molecule has 1 fully saturated rings. The summed E-state index contributed by atoms with van der Waals surface area (Å²) in [6.07, 6.45) is -0.708. The summed E-state index contributed by atoms with van der Waals surface area (Å²) in [4.78, 5) is 13.4. The maximum Gasteiger partial charge on any atom is 0.262 e. The molecular weight excluding hydrogens is 393 g/mol. The van der Waals surface area contributed by atoms with Crippen LogP contribution in [0.1, 0.15) is 10.4 Å². The Morgan fingerprint density at radius 2 is 1.86 bits per heavy atom. The van der Waals surface area contributed by atoms with Crippen molar-refractivity contribution in [1.29, 1.82) is 0 Å². The minimum Gasteiger partial charge on any atom is -0.370 e. The van der Waals surface area contributed by atoms with Gasteiger partial charge in [0, 0.05) is 5.02 Å². The van der Waals surface area contributed by atoms with Crippen molar-refractivity contribution in [2.45, 2.75) is 9.96 Å². The molecule has 0 radical (unpaired) electrons. The summed E-state index contributed by atoms with van der Waals surface area (Å²) in [5, 5.41) is 3.43. The van der Waals surface area contributed by atoms with Crippen LogP contribution in [-0.4, -0.2) is 42.2 Å². The van der Waals surface area contributed by atoms with Gasteiger partial charge in [-0.25, -0.2) is 0 Å². The van der Waals surface area contributed by atoms with Crippen molar-refractivity contribution >= 4 is 63.9 Å². The summed E-state index contributed by atoms with van der Waals surface area (Å²) in [7, 11) is 0. The number of alkyl halides is 3. The van der Waals surface area contributed by atoms with Crippen LogP contribution in [0.25, 0.3) is 0 Å². The summed E-state index contributed by atoms with van der Waals surface area (Å²) in [6.45, 7) is 2.36. The lowest BCUT2D eigenvalue weighted by molar-refractivity contribution is -0.934. The van der Waals surface area contributed by atoms with Crippen LogP contribution < -0.4 is 10.2 Å². The summed E-state index contributed by atoms with van der Waals surface area (Å²) in [5.74, 6) is -0.419. The second-order valence-electron chi connectivity index (χ2n) is 4.84. The van der Waals surface area contributed by atoms with E-state index in [9.17, 15) is 4.79 Å². The number of hydrogen-bond donors (Lipinski definition) is 2. The van der Waals surface area contributed by atoms with Crippen LogP contribution in [-0.2, 0) is 4.74 Å². The topological polar surface area (TPSA) is 42.8 Å². The van der Waals surface area contributed by atoms with Gasteiger partial charge in [-0.3, -0.25) is 10.1 Å². The van der Waals surface area contributed by atoms with Gasteiger partial charge in [0.2, 0.25) is 6.17 Å². The quantitative estimate of drug-likeness (QED) is 0.756. The van der Waals surface area contributed by atoms with Crippen molar-refractivity contribution in [1.82, 2.24) is 5.32 Å². The van der Waals surface area contributed by atoms with Crippen LogP contribution in [0.3, 0.4) is 0 Å². The number of halogens is 5. The van der Waals surface area contributed by atoms with Crippen molar-refractivity contribution in [3.63, 3.8) is 0 Å². The molecule has 1 aromatic rings. The van der Waals surface area contributed by atoms with Gasteiger partial charge < -0.3 is 9.64 Å². The van der Waals surface area contributed by atoms with Gasteiger partial charge in [0.05, 0.1) is 23.8 Å². The first-order chi connectivity index (χ1) is 10.3. The van der Waals surface area contributed by atoms with Crippen LogP contribution in [0, 0.1) is 0 Å². The van der Waals surface area contributed by atoms with E-state index in [2.05, 4.69) is 5.32 Å². The zero-order chi connectivity index (χ0) is 16.3. The van der Waals surface area contributed by atoms with E-state index >= 15 is 0 Å². The molecular formula is C13H14Cl5N2O2+. The molecule has 1 atom stereocenters. The molecule has 22 heavy (non-hydrogen) atoms. The third kappa shape index (κ3) is 4.78. The number of rotatable bonds is 3. The van der Waals surface area contributed by atoms with Gasteiger partial charge in [0.1, 0.15) is 13.1 Å². The fraction of sp³-hybridized carbons (Fsp3) is 0.462. The Balaban J connectivity index is 2.17. The molecule has 1 heterocycles. The van der Waals surface area contributed by atoms with Crippen molar-refractivity contribution < 1.29 is 14.4 Å². The number of hydrogen-bond acceptors (Lipinski definition) is 2. The summed E-state index contributed by atoms with van der Waals surface area (Å²) in [6, 6.07) is 4.60. The van der Waals surface area contributed by atoms with E-state index in [1.165, 1.54) is 12.1 Å². The van der Waals surface area contributed by atoms with E-state index in [1.54, 1.807) is 6.07 Å². The fourth-order valence-electron chi connectivity index (χ4n) is 2.22. The highest BCUT2D eigenvalue weighted by Crippen LogP contribution is 2.28.